The quantitative estimate of drug-likeness (QED) is 0.687. The third-order valence-corrected chi connectivity index (χ3v) is 4.63. The van der Waals surface area contributed by atoms with Crippen LogP contribution in [0, 0.1) is 11.3 Å². The van der Waals surface area contributed by atoms with E-state index in [9.17, 15) is 14.4 Å². The molecule has 2 rings (SSSR count). The van der Waals surface area contributed by atoms with Crippen LogP contribution < -0.4 is 11.1 Å². The summed E-state index contributed by atoms with van der Waals surface area (Å²) in [7, 11) is 1.66. The molecule has 0 aromatic carbocycles. The van der Waals surface area contributed by atoms with Crippen LogP contribution >= 0.6 is 12.4 Å². The minimum atomic E-state index is -0.841. The largest absolute Gasteiger partial charge is 0.344 e. The van der Waals surface area contributed by atoms with Gasteiger partial charge in [0.1, 0.15) is 12.1 Å². The fourth-order valence-electron chi connectivity index (χ4n) is 2.85. The van der Waals surface area contributed by atoms with Crippen molar-refractivity contribution in [2.24, 2.45) is 17.1 Å². The van der Waals surface area contributed by atoms with Gasteiger partial charge in [-0.05, 0) is 37.6 Å². The standard InChI is InChI=1S/C15H26N4O3.ClH/c1-14(2,8-16)9-18(4)11(20)7-19-12(21)15(3,10-5-6-10)17-13(19)22;/h10H,5-9,16H2,1-4H3,(H,17,22);1H. The van der Waals surface area contributed by atoms with Gasteiger partial charge in [0, 0.05) is 13.6 Å². The van der Waals surface area contributed by atoms with Gasteiger partial charge in [-0.3, -0.25) is 14.5 Å². The molecule has 1 aliphatic carbocycles. The predicted molar refractivity (Wildman–Crippen MR) is 89.1 cm³/mol. The molecule has 1 saturated heterocycles. The van der Waals surface area contributed by atoms with Crippen LogP contribution in [0.3, 0.4) is 0 Å². The number of nitrogens with zero attached hydrogens (tertiary/aromatic N) is 2. The molecule has 7 nitrogen and oxygen atoms in total. The van der Waals surface area contributed by atoms with E-state index in [0.29, 0.717) is 13.1 Å². The number of hydrogen-bond donors (Lipinski definition) is 2. The highest BCUT2D eigenvalue weighted by Crippen LogP contribution is 2.42. The molecule has 1 aliphatic heterocycles. The second kappa shape index (κ2) is 6.65. The smallest absolute Gasteiger partial charge is 0.325 e. The third kappa shape index (κ3) is 3.95. The fraction of sp³-hybridized carbons (Fsp3) is 0.800. The summed E-state index contributed by atoms with van der Waals surface area (Å²) in [5.74, 6) is -0.358. The molecule has 8 heteroatoms. The zero-order valence-electron chi connectivity index (χ0n) is 14.2. The van der Waals surface area contributed by atoms with Gasteiger partial charge >= 0.3 is 6.03 Å². The minimum absolute atomic E-state index is 0. The number of urea groups is 1. The molecular formula is C15H27ClN4O3. The normalized spacial score (nSPS) is 24.3. The van der Waals surface area contributed by atoms with Crippen molar-refractivity contribution in [1.82, 2.24) is 15.1 Å². The topological polar surface area (TPSA) is 95.7 Å². The lowest BCUT2D eigenvalue weighted by molar-refractivity contribution is -0.139. The lowest BCUT2D eigenvalue weighted by atomic mass is 9.93. The Hall–Kier alpha value is -1.34. The molecule has 0 aromatic heterocycles. The second-order valence-corrected chi connectivity index (χ2v) is 7.42. The van der Waals surface area contributed by atoms with Crippen LogP contribution in [-0.2, 0) is 9.59 Å². The summed E-state index contributed by atoms with van der Waals surface area (Å²) in [6.07, 6.45) is 1.88. The summed E-state index contributed by atoms with van der Waals surface area (Å²) >= 11 is 0. The van der Waals surface area contributed by atoms with Crippen molar-refractivity contribution in [3.05, 3.63) is 0 Å². The number of carbonyl (C=O) groups is 3. The molecule has 23 heavy (non-hydrogen) atoms. The number of rotatable bonds is 6. The Bertz CT molecular complexity index is 507. The first-order valence-electron chi connectivity index (χ1n) is 7.69. The minimum Gasteiger partial charge on any atom is -0.344 e. The summed E-state index contributed by atoms with van der Waals surface area (Å²) < 4.78 is 0. The van der Waals surface area contributed by atoms with Crippen LogP contribution in [0.4, 0.5) is 4.79 Å². The average molecular weight is 347 g/mol. The number of likely N-dealkylation sites (N-methyl/N-ethyl adjacent to an activating group) is 1. The summed E-state index contributed by atoms with van der Waals surface area (Å²) in [6.45, 7) is 6.39. The molecule has 0 aromatic rings. The van der Waals surface area contributed by atoms with Crippen molar-refractivity contribution >= 4 is 30.3 Å². The molecule has 1 unspecified atom stereocenters. The van der Waals surface area contributed by atoms with Crippen molar-refractivity contribution in [3.63, 3.8) is 0 Å². The van der Waals surface area contributed by atoms with E-state index in [4.69, 9.17) is 5.73 Å². The Kier molecular flexibility index (Phi) is 5.70. The lowest BCUT2D eigenvalue weighted by Gasteiger charge is -2.30. The maximum absolute atomic E-state index is 12.5. The molecule has 0 bridgehead atoms. The Balaban J connectivity index is 0.00000264. The Morgan fingerprint density at radius 2 is 2.00 bits per heavy atom. The van der Waals surface area contributed by atoms with Crippen LogP contribution in [0.2, 0.25) is 0 Å². The molecule has 3 N–H and O–H groups in total. The monoisotopic (exact) mass is 346 g/mol. The Morgan fingerprint density at radius 3 is 2.48 bits per heavy atom. The molecule has 1 heterocycles. The van der Waals surface area contributed by atoms with Gasteiger partial charge in [0.15, 0.2) is 0 Å². The number of halogens is 1. The van der Waals surface area contributed by atoms with E-state index in [0.717, 1.165) is 17.7 Å². The van der Waals surface area contributed by atoms with Crippen LogP contribution in [0.15, 0.2) is 0 Å². The molecule has 1 atom stereocenters. The number of hydrogen-bond acceptors (Lipinski definition) is 4. The molecular weight excluding hydrogens is 320 g/mol. The van der Waals surface area contributed by atoms with Crippen LogP contribution in [0.1, 0.15) is 33.6 Å². The Morgan fingerprint density at radius 1 is 1.43 bits per heavy atom. The highest BCUT2D eigenvalue weighted by Gasteiger charge is 2.56. The third-order valence-electron chi connectivity index (χ3n) is 4.63. The molecule has 4 amide bonds. The first-order valence-corrected chi connectivity index (χ1v) is 7.69. The van der Waals surface area contributed by atoms with Gasteiger partial charge < -0.3 is 16.0 Å². The number of carbonyl (C=O) groups excluding carboxylic acids is 3. The summed E-state index contributed by atoms with van der Waals surface area (Å²) in [5.41, 5.74) is 4.63. The van der Waals surface area contributed by atoms with E-state index < -0.39 is 11.6 Å². The molecule has 0 spiro atoms. The van der Waals surface area contributed by atoms with E-state index in [1.54, 1.807) is 14.0 Å². The molecule has 2 fully saturated rings. The molecule has 132 valence electrons. The van der Waals surface area contributed by atoms with Gasteiger partial charge in [-0.25, -0.2) is 4.79 Å². The highest BCUT2D eigenvalue weighted by molar-refractivity contribution is 6.09. The first kappa shape index (κ1) is 19.7. The van der Waals surface area contributed by atoms with Gasteiger partial charge in [-0.2, -0.15) is 0 Å². The zero-order chi connectivity index (χ0) is 16.7. The first-order chi connectivity index (χ1) is 10.1. The average Bonchev–Trinajstić information content (AvgIpc) is 3.24. The molecule has 2 aliphatic rings. The van der Waals surface area contributed by atoms with E-state index in [1.165, 1.54) is 4.90 Å². The Labute approximate surface area is 143 Å². The number of nitrogens with one attached hydrogen (secondary N) is 1. The van der Waals surface area contributed by atoms with Gasteiger partial charge in [0.25, 0.3) is 5.91 Å². The van der Waals surface area contributed by atoms with E-state index in [2.05, 4.69) is 5.32 Å². The second-order valence-electron chi connectivity index (χ2n) is 7.42. The zero-order valence-corrected chi connectivity index (χ0v) is 15.0. The van der Waals surface area contributed by atoms with Crippen LogP contribution in [0.5, 0.6) is 0 Å². The summed E-state index contributed by atoms with van der Waals surface area (Å²) in [5, 5.41) is 2.74. The van der Waals surface area contributed by atoms with Crippen LogP contribution in [0.25, 0.3) is 0 Å². The maximum Gasteiger partial charge on any atom is 0.325 e. The molecule has 1 saturated carbocycles. The van der Waals surface area contributed by atoms with Crippen molar-refractivity contribution in [1.29, 1.82) is 0 Å². The van der Waals surface area contributed by atoms with Gasteiger partial charge in [-0.15, -0.1) is 12.4 Å². The van der Waals surface area contributed by atoms with E-state index in [-0.39, 0.29) is 42.1 Å². The van der Waals surface area contributed by atoms with Crippen molar-refractivity contribution in [2.75, 3.05) is 26.7 Å². The highest BCUT2D eigenvalue weighted by atomic mass is 35.5. The van der Waals surface area contributed by atoms with Crippen molar-refractivity contribution in [3.8, 4) is 0 Å². The number of imide groups is 1. The maximum atomic E-state index is 12.5. The summed E-state index contributed by atoms with van der Waals surface area (Å²) in [4.78, 5) is 39.4. The fourth-order valence-corrected chi connectivity index (χ4v) is 2.85. The summed E-state index contributed by atoms with van der Waals surface area (Å²) in [6, 6.07) is -0.473. The van der Waals surface area contributed by atoms with Crippen LogP contribution in [-0.4, -0.2) is 59.9 Å². The van der Waals surface area contributed by atoms with Crippen molar-refractivity contribution in [2.45, 2.75) is 39.2 Å². The number of nitrogens with two attached hydrogens (primary N) is 1. The predicted octanol–water partition coefficient (Wildman–Crippen LogP) is 0.572. The SMILES string of the molecule is CN(CC(C)(C)CN)C(=O)CN1C(=O)NC(C)(C2CC2)C1=O.Cl. The van der Waals surface area contributed by atoms with Gasteiger partial charge in [-0.1, -0.05) is 13.8 Å². The van der Waals surface area contributed by atoms with Gasteiger partial charge in [0.05, 0.1) is 0 Å². The van der Waals surface area contributed by atoms with E-state index in [1.807, 2.05) is 13.8 Å². The van der Waals surface area contributed by atoms with Gasteiger partial charge in [0.2, 0.25) is 5.91 Å². The van der Waals surface area contributed by atoms with E-state index >= 15 is 0 Å². The molecule has 0 radical (unpaired) electrons. The lowest BCUT2D eigenvalue weighted by Crippen LogP contribution is -2.48. The number of amides is 4. The van der Waals surface area contributed by atoms with Crippen molar-refractivity contribution < 1.29 is 14.4 Å².